The maximum absolute atomic E-state index is 13.4. The molecule has 0 amide bonds. The largest absolute Gasteiger partial charge is 0.320 e. The van der Waals surface area contributed by atoms with Gasteiger partial charge in [-0.15, -0.1) is 0 Å². The zero-order valence-electron chi connectivity index (χ0n) is 10.5. The molecule has 3 rings (SSSR count). The van der Waals surface area contributed by atoms with Gasteiger partial charge in [0.05, 0.1) is 6.04 Å². The molecular formula is C16H15BrFN. The van der Waals surface area contributed by atoms with Crippen LogP contribution in [0.1, 0.15) is 34.7 Å². The summed E-state index contributed by atoms with van der Waals surface area (Å²) >= 11 is 3.31. The van der Waals surface area contributed by atoms with Crippen LogP contribution in [-0.4, -0.2) is 0 Å². The topological polar surface area (TPSA) is 26.0 Å². The zero-order valence-corrected chi connectivity index (χ0v) is 12.1. The molecule has 0 aromatic heterocycles. The van der Waals surface area contributed by atoms with E-state index >= 15 is 0 Å². The maximum atomic E-state index is 13.4. The van der Waals surface area contributed by atoms with Crippen LogP contribution in [0.3, 0.4) is 0 Å². The first-order valence-electron chi connectivity index (χ1n) is 6.47. The first-order chi connectivity index (χ1) is 9.13. The Labute approximate surface area is 120 Å². The molecule has 98 valence electrons. The Morgan fingerprint density at radius 2 is 1.79 bits per heavy atom. The van der Waals surface area contributed by atoms with Gasteiger partial charge >= 0.3 is 0 Å². The van der Waals surface area contributed by atoms with Gasteiger partial charge in [0, 0.05) is 4.47 Å². The van der Waals surface area contributed by atoms with Gasteiger partial charge in [0.1, 0.15) is 5.82 Å². The second-order valence-corrected chi connectivity index (χ2v) is 5.98. The molecule has 19 heavy (non-hydrogen) atoms. The van der Waals surface area contributed by atoms with Crippen LogP contribution >= 0.6 is 15.9 Å². The number of benzene rings is 2. The van der Waals surface area contributed by atoms with Crippen molar-refractivity contribution in [2.75, 3.05) is 0 Å². The minimum Gasteiger partial charge on any atom is -0.320 e. The van der Waals surface area contributed by atoms with Gasteiger partial charge in [0.25, 0.3) is 0 Å². The van der Waals surface area contributed by atoms with Gasteiger partial charge < -0.3 is 5.73 Å². The molecule has 3 heteroatoms. The van der Waals surface area contributed by atoms with Crippen LogP contribution in [0.4, 0.5) is 4.39 Å². The quantitative estimate of drug-likeness (QED) is 0.885. The van der Waals surface area contributed by atoms with Gasteiger partial charge in [-0.1, -0.05) is 34.1 Å². The summed E-state index contributed by atoms with van der Waals surface area (Å²) in [5.41, 5.74) is 10.9. The van der Waals surface area contributed by atoms with Crippen LogP contribution in [0.25, 0.3) is 0 Å². The van der Waals surface area contributed by atoms with Crippen molar-refractivity contribution in [2.45, 2.75) is 25.3 Å². The van der Waals surface area contributed by atoms with Crippen molar-refractivity contribution in [3.63, 3.8) is 0 Å². The van der Waals surface area contributed by atoms with E-state index in [1.807, 2.05) is 6.07 Å². The van der Waals surface area contributed by atoms with E-state index in [9.17, 15) is 4.39 Å². The third kappa shape index (κ3) is 2.58. The molecule has 2 aromatic carbocycles. The molecule has 0 radical (unpaired) electrons. The molecule has 1 nitrogen and oxygen atoms in total. The van der Waals surface area contributed by atoms with E-state index in [2.05, 4.69) is 34.1 Å². The van der Waals surface area contributed by atoms with Crippen LogP contribution in [0.2, 0.25) is 0 Å². The predicted molar refractivity (Wildman–Crippen MR) is 78.6 cm³/mol. The van der Waals surface area contributed by atoms with Gasteiger partial charge in [0.2, 0.25) is 0 Å². The highest BCUT2D eigenvalue weighted by Crippen LogP contribution is 2.28. The van der Waals surface area contributed by atoms with Crippen molar-refractivity contribution in [1.29, 1.82) is 0 Å². The van der Waals surface area contributed by atoms with E-state index in [0.717, 1.165) is 28.4 Å². The third-order valence-corrected chi connectivity index (χ3v) is 4.18. The standard InChI is InChI=1S/C16H15BrFN/c17-14-7-13(8-15(18)9-14)16(19)12-5-4-10-2-1-3-11(10)6-12/h4-9,16H,1-3,19H2. The van der Waals surface area contributed by atoms with Gasteiger partial charge in [-0.2, -0.15) is 0 Å². The van der Waals surface area contributed by atoms with Gasteiger partial charge in [-0.05, 0) is 59.7 Å². The van der Waals surface area contributed by atoms with Crippen LogP contribution in [0.5, 0.6) is 0 Å². The molecule has 0 bridgehead atoms. The summed E-state index contributed by atoms with van der Waals surface area (Å²) in [6.07, 6.45) is 3.51. The van der Waals surface area contributed by atoms with Crippen molar-refractivity contribution in [3.05, 3.63) is 68.9 Å². The normalized spacial score (nSPS) is 15.3. The minimum absolute atomic E-state index is 0.263. The highest BCUT2D eigenvalue weighted by atomic mass is 79.9. The fourth-order valence-electron chi connectivity index (χ4n) is 2.73. The molecule has 0 spiro atoms. The fraction of sp³-hybridized carbons (Fsp3) is 0.250. The first kappa shape index (κ1) is 12.8. The van der Waals surface area contributed by atoms with E-state index < -0.39 is 0 Å². The lowest BCUT2D eigenvalue weighted by Crippen LogP contribution is -2.12. The summed E-state index contributed by atoms with van der Waals surface area (Å²) in [4.78, 5) is 0. The molecule has 2 N–H and O–H groups in total. The second kappa shape index (κ2) is 5.06. The summed E-state index contributed by atoms with van der Waals surface area (Å²) in [6.45, 7) is 0. The highest BCUT2D eigenvalue weighted by Gasteiger charge is 2.15. The summed E-state index contributed by atoms with van der Waals surface area (Å²) in [6, 6.07) is 10.9. The number of nitrogens with two attached hydrogens (primary N) is 1. The lowest BCUT2D eigenvalue weighted by Gasteiger charge is -2.14. The van der Waals surface area contributed by atoms with Gasteiger partial charge in [0.15, 0.2) is 0 Å². The molecule has 2 aromatic rings. The second-order valence-electron chi connectivity index (χ2n) is 5.06. The van der Waals surface area contributed by atoms with Crippen LogP contribution in [0.15, 0.2) is 40.9 Å². The Morgan fingerprint density at radius 3 is 2.58 bits per heavy atom. The monoisotopic (exact) mass is 319 g/mol. The Bertz CT molecular complexity index is 604. The van der Waals surface area contributed by atoms with E-state index in [0.29, 0.717) is 0 Å². The number of hydrogen-bond acceptors (Lipinski definition) is 1. The fourth-order valence-corrected chi connectivity index (χ4v) is 3.22. The summed E-state index contributed by atoms with van der Waals surface area (Å²) in [5.74, 6) is -0.263. The molecular weight excluding hydrogens is 305 g/mol. The van der Waals surface area contributed by atoms with Crippen molar-refractivity contribution in [1.82, 2.24) is 0 Å². The molecule has 1 aliphatic rings. The molecule has 1 aliphatic carbocycles. The van der Waals surface area contributed by atoms with Crippen molar-refractivity contribution < 1.29 is 4.39 Å². The Hall–Kier alpha value is -1.19. The van der Waals surface area contributed by atoms with Crippen molar-refractivity contribution in [3.8, 4) is 0 Å². The number of hydrogen-bond donors (Lipinski definition) is 1. The van der Waals surface area contributed by atoms with Crippen molar-refractivity contribution in [2.24, 2.45) is 5.73 Å². The number of aryl methyl sites for hydroxylation is 2. The Kier molecular flexibility index (Phi) is 3.42. The number of halogens is 2. The van der Waals surface area contributed by atoms with Crippen molar-refractivity contribution >= 4 is 15.9 Å². The molecule has 0 saturated heterocycles. The summed E-state index contributed by atoms with van der Waals surface area (Å²) < 4.78 is 14.2. The maximum Gasteiger partial charge on any atom is 0.124 e. The smallest absolute Gasteiger partial charge is 0.124 e. The predicted octanol–water partition coefficient (Wildman–Crippen LogP) is 4.13. The van der Waals surface area contributed by atoms with Crippen LogP contribution < -0.4 is 5.73 Å². The summed E-state index contributed by atoms with van der Waals surface area (Å²) in [5, 5.41) is 0. The van der Waals surface area contributed by atoms with Crippen LogP contribution in [0, 0.1) is 5.82 Å². The Morgan fingerprint density at radius 1 is 1.00 bits per heavy atom. The van der Waals surface area contributed by atoms with E-state index in [1.165, 1.54) is 29.7 Å². The highest BCUT2D eigenvalue weighted by molar-refractivity contribution is 9.10. The molecule has 0 heterocycles. The molecule has 1 unspecified atom stereocenters. The van der Waals surface area contributed by atoms with E-state index in [1.54, 1.807) is 0 Å². The Balaban J connectivity index is 1.97. The van der Waals surface area contributed by atoms with E-state index in [4.69, 9.17) is 5.73 Å². The lowest BCUT2D eigenvalue weighted by molar-refractivity contribution is 0.622. The minimum atomic E-state index is -0.280. The molecule has 0 fully saturated rings. The van der Waals surface area contributed by atoms with Gasteiger partial charge in [-0.25, -0.2) is 4.39 Å². The molecule has 0 saturated carbocycles. The van der Waals surface area contributed by atoms with Gasteiger partial charge in [-0.3, -0.25) is 0 Å². The average Bonchev–Trinajstić information content (AvgIpc) is 2.83. The molecule has 1 atom stereocenters. The number of fused-ring (bicyclic) bond motifs is 1. The SMILES string of the molecule is NC(c1cc(F)cc(Br)c1)c1ccc2c(c1)CCC2. The average molecular weight is 320 g/mol. The lowest BCUT2D eigenvalue weighted by atomic mass is 9.96. The molecule has 0 aliphatic heterocycles. The third-order valence-electron chi connectivity index (χ3n) is 3.73. The van der Waals surface area contributed by atoms with Crippen LogP contribution in [-0.2, 0) is 12.8 Å². The number of rotatable bonds is 2. The zero-order chi connectivity index (χ0) is 13.4. The summed E-state index contributed by atoms with van der Waals surface area (Å²) in [7, 11) is 0. The first-order valence-corrected chi connectivity index (χ1v) is 7.26. The van der Waals surface area contributed by atoms with E-state index in [-0.39, 0.29) is 11.9 Å².